The van der Waals surface area contributed by atoms with Gasteiger partial charge in [0.05, 0.1) is 5.56 Å². The van der Waals surface area contributed by atoms with Crippen LogP contribution < -0.4 is 5.32 Å². The Kier molecular flexibility index (Phi) is 4.51. The second kappa shape index (κ2) is 5.90. The number of carboxylic acid groups (broad SMARTS) is 1. The van der Waals surface area contributed by atoms with E-state index in [1.807, 2.05) is 6.07 Å². The van der Waals surface area contributed by atoms with Gasteiger partial charge in [-0.3, -0.25) is 4.79 Å². The van der Waals surface area contributed by atoms with Gasteiger partial charge in [0.25, 0.3) is 0 Å². The van der Waals surface area contributed by atoms with Gasteiger partial charge >= 0.3 is 5.97 Å². The van der Waals surface area contributed by atoms with E-state index >= 15 is 0 Å². The quantitative estimate of drug-likeness (QED) is 0.790. The van der Waals surface area contributed by atoms with E-state index in [0.29, 0.717) is 19.4 Å². The molecule has 0 aliphatic rings. The lowest BCUT2D eigenvalue weighted by Gasteiger charge is -2.04. The van der Waals surface area contributed by atoms with Crippen LogP contribution in [-0.2, 0) is 11.2 Å². The third-order valence-electron chi connectivity index (χ3n) is 2.23. The third kappa shape index (κ3) is 3.73. The van der Waals surface area contributed by atoms with E-state index in [1.165, 1.54) is 0 Å². The summed E-state index contributed by atoms with van der Waals surface area (Å²) in [5.74, 6) is -0.922. The summed E-state index contributed by atoms with van der Waals surface area (Å²) in [5, 5.41) is 11.5. The molecule has 0 aromatic heterocycles. The van der Waals surface area contributed by atoms with Crippen molar-refractivity contribution in [2.24, 2.45) is 0 Å². The average molecular weight is 221 g/mol. The summed E-state index contributed by atoms with van der Waals surface area (Å²) in [6.07, 6.45) is 1.11. The van der Waals surface area contributed by atoms with Gasteiger partial charge in [-0.15, -0.1) is 0 Å². The number of carboxylic acids is 1. The highest BCUT2D eigenvalue weighted by Gasteiger charge is 2.03. The Morgan fingerprint density at radius 3 is 2.75 bits per heavy atom. The minimum Gasteiger partial charge on any atom is -0.478 e. The summed E-state index contributed by atoms with van der Waals surface area (Å²) in [6.45, 7) is 2.33. The molecule has 0 radical (unpaired) electrons. The van der Waals surface area contributed by atoms with Crippen LogP contribution >= 0.6 is 0 Å². The predicted molar refractivity (Wildman–Crippen MR) is 60.4 cm³/mol. The molecule has 0 heterocycles. The van der Waals surface area contributed by atoms with Crippen molar-refractivity contribution in [3.63, 3.8) is 0 Å². The fourth-order valence-corrected chi connectivity index (χ4v) is 1.33. The molecule has 0 saturated carbocycles. The minimum absolute atomic E-state index is 0.00869. The second-order valence-electron chi connectivity index (χ2n) is 3.46. The average Bonchev–Trinajstić information content (AvgIpc) is 2.29. The third-order valence-corrected chi connectivity index (χ3v) is 2.23. The molecule has 0 fully saturated rings. The molecular formula is C12H15NO3. The fraction of sp³-hybridized carbons (Fsp3) is 0.333. The van der Waals surface area contributed by atoms with E-state index < -0.39 is 5.97 Å². The number of aromatic carboxylic acids is 1. The Hall–Kier alpha value is -1.84. The Balaban J connectivity index is 2.51. The molecule has 1 amide bonds. The van der Waals surface area contributed by atoms with Crippen LogP contribution in [0, 0.1) is 0 Å². The van der Waals surface area contributed by atoms with Crippen LogP contribution in [0.1, 0.15) is 29.3 Å². The summed E-state index contributed by atoms with van der Waals surface area (Å²) >= 11 is 0. The molecule has 0 bridgehead atoms. The van der Waals surface area contributed by atoms with Crippen LogP contribution in [0.4, 0.5) is 0 Å². The van der Waals surface area contributed by atoms with Crippen LogP contribution in [0.3, 0.4) is 0 Å². The summed E-state index contributed by atoms with van der Waals surface area (Å²) in [7, 11) is 0. The number of amides is 1. The molecule has 1 aromatic carbocycles. The molecular weight excluding hydrogens is 206 g/mol. The molecule has 4 heteroatoms. The molecule has 1 aromatic rings. The van der Waals surface area contributed by atoms with Crippen molar-refractivity contribution in [1.29, 1.82) is 0 Å². The van der Waals surface area contributed by atoms with Crippen molar-refractivity contribution >= 4 is 11.9 Å². The van der Waals surface area contributed by atoms with Crippen LogP contribution in [0.5, 0.6) is 0 Å². The molecule has 4 nitrogen and oxygen atoms in total. The normalized spacial score (nSPS) is 9.81. The Bertz CT molecular complexity index is 388. The molecule has 0 spiro atoms. The van der Waals surface area contributed by atoms with Gasteiger partial charge in [0, 0.05) is 13.0 Å². The SMILES string of the molecule is CCC(=O)NCCc1cccc(C(=O)O)c1. The van der Waals surface area contributed by atoms with E-state index in [-0.39, 0.29) is 11.5 Å². The maximum absolute atomic E-state index is 11.0. The predicted octanol–water partition coefficient (Wildman–Crippen LogP) is 1.45. The lowest BCUT2D eigenvalue weighted by molar-refractivity contribution is -0.120. The van der Waals surface area contributed by atoms with E-state index in [0.717, 1.165) is 5.56 Å². The summed E-state index contributed by atoms with van der Waals surface area (Å²) in [4.78, 5) is 21.7. The zero-order chi connectivity index (χ0) is 12.0. The van der Waals surface area contributed by atoms with Crippen molar-refractivity contribution in [2.45, 2.75) is 19.8 Å². The fourth-order valence-electron chi connectivity index (χ4n) is 1.33. The molecule has 2 N–H and O–H groups in total. The smallest absolute Gasteiger partial charge is 0.335 e. The van der Waals surface area contributed by atoms with Gasteiger partial charge in [-0.25, -0.2) is 4.79 Å². The lowest BCUT2D eigenvalue weighted by Crippen LogP contribution is -2.24. The van der Waals surface area contributed by atoms with Crippen molar-refractivity contribution in [3.8, 4) is 0 Å². The van der Waals surface area contributed by atoms with Gasteiger partial charge < -0.3 is 10.4 Å². The molecule has 0 aliphatic heterocycles. The molecule has 0 unspecified atom stereocenters. The maximum atomic E-state index is 11.0. The first-order valence-corrected chi connectivity index (χ1v) is 5.22. The van der Waals surface area contributed by atoms with Gasteiger partial charge in [0.1, 0.15) is 0 Å². The number of hydrogen-bond donors (Lipinski definition) is 2. The monoisotopic (exact) mass is 221 g/mol. The Morgan fingerprint density at radius 1 is 1.38 bits per heavy atom. The minimum atomic E-state index is -0.931. The number of carbonyl (C=O) groups excluding carboxylic acids is 1. The van der Waals surface area contributed by atoms with Gasteiger partial charge in [0.15, 0.2) is 0 Å². The lowest BCUT2D eigenvalue weighted by atomic mass is 10.1. The first-order chi connectivity index (χ1) is 7.63. The number of hydrogen-bond acceptors (Lipinski definition) is 2. The van der Waals surface area contributed by atoms with Crippen molar-refractivity contribution in [3.05, 3.63) is 35.4 Å². The summed E-state index contributed by atoms with van der Waals surface area (Å²) < 4.78 is 0. The van der Waals surface area contributed by atoms with E-state index in [2.05, 4.69) is 5.32 Å². The summed E-state index contributed by atoms with van der Waals surface area (Å²) in [6, 6.07) is 6.74. The number of carbonyl (C=O) groups is 2. The maximum Gasteiger partial charge on any atom is 0.335 e. The molecule has 0 aliphatic carbocycles. The zero-order valence-corrected chi connectivity index (χ0v) is 9.19. The highest BCUT2D eigenvalue weighted by atomic mass is 16.4. The molecule has 0 saturated heterocycles. The van der Waals surface area contributed by atoms with Crippen LogP contribution in [0.2, 0.25) is 0 Å². The largest absolute Gasteiger partial charge is 0.478 e. The van der Waals surface area contributed by atoms with Crippen molar-refractivity contribution in [2.75, 3.05) is 6.54 Å². The van der Waals surface area contributed by atoms with Crippen molar-refractivity contribution < 1.29 is 14.7 Å². The van der Waals surface area contributed by atoms with Gasteiger partial charge in [-0.1, -0.05) is 19.1 Å². The highest BCUT2D eigenvalue weighted by Crippen LogP contribution is 2.05. The zero-order valence-electron chi connectivity index (χ0n) is 9.19. The highest BCUT2D eigenvalue weighted by molar-refractivity contribution is 5.87. The second-order valence-corrected chi connectivity index (χ2v) is 3.46. The van der Waals surface area contributed by atoms with Crippen molar-refractivity contribution in [1.82, 2.24) is 5.32 Å². The first kappa shape index (κ1) is 12.2. The van der Waals surface area contributed by atoms with Gasteiger partial charge in [-0.05, 0) is 24.1 Å². The first-order valence-electron chi connectivity index (χ1n) is 5.22. The van der Waals surface area contributed by atoms with E-state index in [4.69, 9.17) is 5.11 Å². The van der Waals surface area contributed by atoms with Gasteiger partial charge in [-0.2, -0.15) is 0 Å². The number of benzene rings is 1. The number of nitrogens with one attached hydrogen (secondary N) is 1. The molecule has 1 rings (SSSR count). The van der Waals surface area contributed by atoms with Crippen LogP contribution in [0.25, 0.3) is 0 Å². The Labute approximate surface area is 94.3 Å². The standard InChI is InChI=1S/C12H15NO3/c1-2-11(14)13-7-6-9-4-3-5-10(8-9)12(15)16/h3-5,8H,2,6-7H2,1H3,(H,13,14)(H,15,16). The molecule has 16 heavy (non-hydrogen) atoms. The molecule has 86 valence electrons. The van der Waals surface area contributed by atoms with E-state index in [1.54, 1.807) is 25.1 Å². The summed E-state index contributed by atoms with van der Waals surface area (Å²) in [5.41, 5.74) is 1.19. The van der Waals surface area contributed by atoms with E-state index in [9.17, 15) is 9.59 Å². The van der Waals surface area contributed by atoms with Gasteiger partial charge in [0.2, 0.25) is 5.91 Å². The Morgan fingerprint density at radius 2 is 2.12 bits per heavy atom. The number of rotatable bonds is 5. The van der Waals surface area contributed by atoms with Crippen LogP contribution in [-0.4, -0.2) is 23.5 Å². The topological polar surface area (TPSA) is 66.4 Å². The molecule has 0 atom stereocenters. The van der Waals surface area contributed by atoms with Crippen LogP contribution in [0.15, 0.2) is 24.3 Å².